The SMILES string of the molecule is CN(Cc1cccc(O)c1)CC(O)CN1CCOCC1. The number of nitrogens with zero attached hydrogens (tertiary/aromatic N) is 2. The summed E-state index contributed by atoms with van der Waals surface area (Å²) in [4.78, 5) is 4.30. The van der Waals surface area contributed by atoms with Crippen LogP contribution in [0.25, 0.3) is 0 Å². The Labute approximate surface area is 120 Å². The van der Waals surface area contributed by atoms with Crippen LogP contribution in [0.2, 0.25) is 0 Å². The van der Waals surface area contributed by atoms with Gasteiger partial charge in [0.2, 0.25) is 0 Å². The van der Waals surface area contributed by atoms with Gasteiger partial charge in [0, 0.05) is 32.7 Å². The van der Waals surface area contributed by atoms with Gasteiger partial charge in [0.05, 0.1) is 19.3 Å². The van der Waals surface area contributed by atoms with Crippen molar-refractivity contribution in [1.29, 1.82) is 0 Å². The number of phenols is 1. The highest BCUT2D eigenvalue weighted by atomic mass is 16.5. The molecule has 0 radical (unpaired) electrons. The maximum absolute atomic E-state index is 10.1. The predicted molar refractivity (Wildman–Crippen MR) is 77.7 cm³/mol. The van der Waals surface area contributed by atoms with Gasteiger partial charge in [-0.25, -0.2) is 0 Å². The number of rotatable bonds is 6. The van der Waals surface area contributed by atoms with Crippen molar-refractivity contribution in [2.75, 3.05) is 46.4 Å². The lowest BCUT2D eigenvalue weighted by atomic mass is 10.2. The van der Waals surface area contributed by atoms with Crippen LogP contribution >= 0.6 is 0 Å². The molecule has 5 heteroatoms. The normalized spacial score (nSPS) is 18.4. The second kappa shape index (κ2) is 7.59. The zero-order chi connectivity index (χ0) is 14.4. The van der Waals surface area contributed by atoms with Gasteiger partial charge in [-0.05, 0) is 24.7 Å². The monoisotopic (exact) mass is 280 g/mol. The fourth-order valence-corrected chi connectivity index (χ4v) is 2.53. The molecule has 0 amide bonds. The Bertz CT molecular complexity index is 408. The molecule has 1 aromatic carbocycles. The van der Waals surface area contributed by atoms with Crippen LogP contribution in [0.1, 0.15) is 5.56 Å². The summed E-state index contributed by atoms with van der Waals surface area (Å²) >= 11 is 0. The Morgan fingerprint density at radius 3 is 2.80 bits per heavy atom. The van der Waals surface area contributed by atoms with Crippen molar-refractivity contribution in [2.24, 2.45) is 0 Å². The summed E-state index contributed by atoms with van der Waals surface area (Å²) in [6, 6.07) is 7.23. The number of hydrogen-bond acceptors (Lipinski definition) is 5. The number of likely N-dealkylation sites (N-methyl/N-ethyl adjacent to an activating group) is 1. The molecule has 0 spiro atoms. The second-order valence-electron chi connectivity index (χ2n) is 5.43. The van der Waals surface area contributed by atoms with Gasteiger partial charge in [-0.1, -0.05) is 12.1 Å². The van der Waals surface area contributed by atoms with Crippen LogP contribution in [0, 0.1) is 0 Å². The van der Waals surface area contributed by atoms with Crippen molar-refractivity contribution in [3.05, 3.63) is 29.8 Å². The third-order valence-electron chi connectivity index (χ3n) is 3.46. The Morgan fingerprint density at radius 1 is 1.35 bits per heavy atom. The van der Waals surface area contributed by atoms with Crippen molar-refractivity contribution in [1.82, 2.24) is 9.80 Å². The predicted octanol–water partition coefficient (Wildman–Crippen LogP) is 0.517. The van der Waals surface area contributed by atoms with Gasteiger partial charge in [0.1, 0.15) is 5.75 Å². The molecule has 1 unspecified atom stereocenters. The van der Waals surface area contributed by atoms with E-state index in [1.807, 2.05) is 19.2 Å². The first-order chi connectivity index (χ1) is 9.63. The molecule has 5 nitrogen and oxygen atoms in total. The molecule has 0 bridgehead atoms. The zero-order valence-corrected chi connectivity index (χ0v) is 12.0. The van der Waals surface area contributed by atoms with Gasteiger partial charge in [0.15, 0.2) is 0 Å². The second-order valence-corrected chi connectivity index (χ2v) is 5.43. The van der Waals surface area contributed by atoms with E-state index in [4.69, 9.17) is 4.74 Å². The molecule has 1 aromatic rings. The lowest BCUT2D eigenvalue weighted by Gasteiger charge is -2.30. The molecular formula is C15H24N2O3. The van der Waals surface area contributed by atoms with E-state index < -0.39 is 0 Å². The number of aliphatic hydroxyl groups excluding tert-OH is 1. The lowest BCUT2D eigenvalue weighted by Crippen LogP contribution is -2.43. The van der Waals surface area contributed by atoms with Crippen LogP contribution in [0.4, 0.5) is 0 Å². The van der Waals surface area contributed by atoms with Crippen molar-refractivity contribution in [3.8, 4) is 5.75 Å². The summed E-state index contributed by atoms with van der Waals surface area (Å²) in [6.45, 7) is 5.33. The molecule has 0 saturated carbocycles. The van der Waals surface area contributed by atoms with Gasteiger partial charge in [0.25, 0.3) is 0 Å². The van der Waals surface area contributed by atoms with E-state index in [-0.39, 0.29) is 11.9 Å². The molecular weight excluding hydrogens is 256 g/mol. The van der Waals surface area contributed by atoms with Crippen molar-refractivity contribution >= 4 is 0 Å². The van der Waals surface area contributed by atoms with Crippen LogP contribution in [-0.4, -0.2) is 72.6 Å². The van der Waals surface area contributed by atoms with E-state index in [1.165, 1.54) is 0 Å². The average Bonchev–Trinajstić information content (AvgIpc) is 2.39. The summed E-state index contributed by atoms with van der Waals surface area (Å²) in [6.07, 6.45) is -0.365. The average molecular weight is 280 g/mol. The highest BCUT2D eigenvalue weighted by Gasteiger charge is 2.16. The van der Waals surface area contributed by atoms with Gasteiger partial charge >= 0.3 is 0 Å². The molecule has 1 atom stereocenters. The van der Waals surface area contributed by atoms with Gasteiger partial charge in [-0.3, -0.25) is 9.80 Å². The first kappa shape index (κ1) is 15.3. The largest absolute Gasteiger partial charge is 0.508 e. The third kappa shape index (κ3) is 5.09. The maximum atomic E-state index is 10.1. The fourth-order valence-electron chi connectivity index (χ4n) is 2.53. The molecule has 1 saturated heterocycles. The van der Waals surface area contributed by atoms with Crippen molar-refractivity contribution < 1.29 is 14.9 Å². The molecule has 1 heterocycles. The molecule has 1 aliphatic rings. The highest BCUT2D eigenvalue weighted by molar-refractivity contribution is 5.26. The quantitative estimate of drug-likeness (QED) is 0.795. The zero-order valence-electron chi connectivity index (χ0n) is 12.0. The van der Waals surface area contributed by atoms with E-state index in [1.54, 1.807) is 12.1 Å². The van der Waals surface area contributed by atoms with E-state index in [0.29, 0.717) is 19.6 Å². The summed E-state index contributed by atoms with van der Waals surface area (Å²) < 4.78 is 5.30. The van der Waals surface area contributed by atoms with Crippen molar-refractivity contribution in [2.45, 2.75) is 12.6 Å². The van der Waals surface area contributed by atoms with E-state index in [0.717, 1.165) is 31.9 Å². The summed E-state index contributed by atoms with van der Waals surface area (Å²) in [5.74, 6) is 0.282. The van der Waals surface area contributed by atoms with Crippen LogP contribution in [0.15, 0.2) is 24.3 Å². The first-order valence-corrected chi connectivity index (χ1v) is 7.08. The van der Waals surface area contributed by atoms with Crippen LogP contribution < -0.4 is 0 Å². The minimum absolute atomic E-state index is 0.282. The maximum Gasteiger partial charge on any atom is 0.115 e. The van der Waals surface area contributed by atoms with E-state index in [9.17, 15) is 10.2 Å². The van der Waals surface area contributed by atoms with Gasteiger partial charge < -0.3 is 14.9 Å². The topological polar surface area (TPSA) is 56.2 Å². The van der Waals surface area contributed by atoms with Crippen LogP contribution in [0.3, 0.4) is 0 Å². The number of hydrogen-bond donors (Lipinski definition) is 2. The number of phenolic OH excluding ortho intramolecular Hbond substituents is 1. The number of aromatic hydroxyl groups is 1. The fraction of sp³-hybridized carbons (Fsp3) is 0.600. The Hall–Kier alpha value is -1.14. The number of ether oxygens (including phenoxy) is 1. The number of morpholine rings is 1. The molecule has 20 heavy (non-hydrogen) atoms. The molecule has 0 aliphatic carbocycles. The molecule has 1 aliphatic heterocycles. The Balaban J connectivity index is 1.74. The minimum atomic E-state index is -0.365. The van der Waals surface area contributed by atoms with E-state index >= 15 is 0 Å². The molecule has 112 valence electrons. The number of aliphatic hydroxyl groups is 1. The molecule has 1 fully saturated rings. The Kier molecular flexibility index (Phi) is 5.79. The van der Waals surface area contributed by atoms with Crippen molar-refractivity contribution in [3.63, 3.8) is 0 Å². The number of β-amino-alcohol motifs (C(OH)–C–C–N with tert-alkyl or cyclic N) is 1. The van der Waals surface area contributed by atoms with Crippen LogP contribution in [-0.2, 0) is 11.3 Å². The molecule has 2 N–H and O–H groups in total. The van der Waals surface area contributed by atoms with Gasteiger partial charge in [-0.2, -0.15) is 0 Å². The van der Waals surface area contributed by atoms with E-state index in [2.05, 4.69) is 9.80 Å². The lowest BCUT2D eigenvalue weighted by molar-refractivity contribution is 0.00825. The highest BCUT2D eigenvalue weighted by Crippen LogP contribution is 2.12. The smallest absolute Gasteiger partial charge is 0.115 e. The summed E-state index contributed by atoms with van der Waals surface area (Å²) in [7, 11) is 1.98. The minimum Gasteiger partial charge on any atom is -0.508 e. The first-order valence-electron chi connectivity index (χ1n) is 7.08. The third-order valence-corrected chi connectivity index (χ3v) is 3.46. The Morgan fingerprint density at radius 2 is 2.10 bits per heavy atom. The summed E-state index contributed by atoms with van der Waals surface area (Å²) in [5, 5.41) is 19.6. The standard InChI is InChI=1S/C15H24N2O3/c1-16(10-13-3-2-4-14(18)9-13)11-15(19)12-17-5-7-20-8-6-17/h2-4,9,15,18-19H,5-8,10-12H2,1H3. The molecule has 0 aromatic heterocycles. The van der Waals surface area contributed by atoms with Crippen LogP contribution in [0.5, 0.6) is 5.75 Å². The van der Waals surface area contributed by atoms with Gasteiger partial charge in [-0.15, -0.1) is 0 Å². The number of benzene rings is 1. The summed E-state index contributed by atoms with van der Waals surface area (Å²) in [5.41, 5.74) is 1.05. The molecule has 2 rings (SSSR count).